The van der Waals surface area contributed by atoms with Gasteiger partial charge in [0.15, 0.2) is 19.8 Å². The minimum absolute atomic E-state index is 0.0301. The number of benzene rings is 1. The third kappa shape index (κ3) is 7.03. The summed E-state index contributed by atoms with van der Waals surface area (Å²) in [5, 5.41) is 4.18. The first kappa shape index (κ1) is 26.2. The third-order valence-electron chi connectivity index (χ3n) is 4.29. The van der Waals surface area contributed by atoms with Gasteiger partial charge in [0.05, 0.1) is 29.5 Å². The van der Waals surface area contributed by atoms with Gasteiger partial charge in [-0.05, 0) is 25.1 Å². The number of methoxy groups -OCH3 is 1. The van der Waals surface area contributed by atoms with E-state index >= 15 is 0 Å². The number of thiazole rings is 2. The molecule has 2 amide bonds. The van der Waals surface area contributed by atoms with Crippen LogP contribution in [0.25, 0.3) is 10.2 Å². The van der Waals surface area contributed by atoms with Crippen molar-refractivity contribution in [3.8, 4) is 0 Å². The first-order valence-electron chi connectivity index (χ1n) is 9.96. The molecule has 3 rings (SSSR count). The number of fused-ring (bicyclic) bond motifs is 1. The van der Waals surface area contributed by atoms with Gasteiger partial charge in [-0.25, -0.2) is 18.2 Å². The van der Waals surface area contributed by atoms with Gasteiger partial charge >= 0.3 is 11.9 Å². The number of carbonyl (C=O) groups is 4. The first-order chi connectivity index (χ1) is 16.6. The molecule has 35 heavy (non-hydrogen) atoms. The van der Waals surface area contributed by atoms with Crippen LogP contribution in [0.1, 0.15) is 17.3 Å². The topological polar surface area (TPSA) is 163 Å². The maximum absolute atomic E-state index is 12.5. The number of nitrogens with zero attached hydrogens (tertiary/aromatic N) is 3. The molecule has 1 N–H and O–H groups in total. The molecule has 3 aromatic rings. The van der Waals surface area contributed by atoms with Gasteiger partial charge in [0.25, 0.3) is 5.91 Å². The molecule has 0 saturated carbocycles. The van der Waals surface area contributed by atoms with Crippen molar-refractivity contribution in [3.05, 3.63) is 40.1 Å². The summed E-state index contributed by atoms with van der Waals surface area (Å²) in [5.74, 6) is -4.96. The van der Waals surface area contributed by atoms with E-state index in [1.165, 1.54) is 30.0 Å². The number of anilines is 1. The molecular formula is C20H20N4O8S3. The second kappa shape index (κ2) is 11.3. The van der Waals surface area contributed by atoms with Crippen molar-refractivity contribution in [2.75, 3.05) is 30.5 Å². The van der Waals surface area contributed by atoms with Crippen molar-refractivity contribution in [3.63, 3.8) is 0 Å². The molecule has 0 aliphatic heterocycles. The van der Waals surface area contributed by atoms with Gasteiger partial charge in [0, 0.05) is 11.6 Å². The molecular weight excluding hydrogens is 520 g/mol. The number of sulfone groups is 1. The van der Waals surface area contributed by atoms with Crippen molar-refractivity contribution >= 4 is 71.6 Å². The molecule has 0 fully saturated rings. The van der Waals surface area contributed by atoms with Crippen molar-refractivity contribution < 1.29 is 37.1 Å². The highest BCUT2D eigenvalue weighted by molar-refractivity contribution is 7.92. The van der Waals surface area contributed by atoms with Crippen LogP contribution >= 0.6 is 22.7 Å². The van der Waals surface area contributed by atoms with Gasteiger partial charge in [-0.2, -0.15) is 4.99 Å². The summed E-state index contributed by atoms with van der Waals surface area (Å²) in [6.45, 7) is 1.49. The van der Waals surface area contributed by atoms with Crippen LogP contribution < -0.4 is 10.1 Å². The molecule has 0 spiro atoms. The van der Waals surface area contributed by atoms with Crippen LogP contribution in [-0.2, 0) is 40.2 Å². The molecule has 2 heterocycles. The van der Waals surface area contributed by atoms with Gasteiger partial charge in [0.2, 0.25) is 5.91 Å². The Hall–Kier alpha value is -3.43. The van der Waals surface area contributed by atoms with Crippen molar-refractivity contribution in [2.24, 2.45) is 4.99 Å². The average Bonchev–Trinajstić information content (AvgIpc) is 3.39. The molecule has 0 aliphatic rings. The number of amides is 2. The summed E-state index contributed by atoms with van der Waals surface area (Å²) in [4.78, 5) is 56.2. The number of aromatic nitrogens is 2. The monoisotopic (exact) mass is 540 g/mol. The van der Waals surface area contributed by atoms with E-state index in [1.807, 2.05) is 0 Å². The van der Waals surface area contributed by atoms with Crippen LogP contribution in [0.4, 0.5) is 5.13 Å². The maximum atomic E-state index is 12.5. The Bertz CT molecular complexity index is 1440. The summed E-state index contributed by atoms with van der Waals surface area (Å²) in [6.07, 6.45) is 1.45. The molecule has 0 bridgehead atoms. The predicted octanol–water partition coefficient (Wildman–Crippen LogP) is 0.990. The lowest BCUT2D eigenvalue weighted by molar-refractivity contribution is -0.143. The zero-order chi connectivity index (χ0) is 25.6. The van der Waals surface area contributed by atoms with Crippen molar-refractivity contribution in [1.82, 2.24) is 9.55 Å². The zero-order valence-electron chi connectivity index (χ0n) is 18.5. The highest BCUT2D eigenvalue weighted by Crippen LogP contribution is 2.20. The molecule has 0 unspecified atom stereocenters. The molecule has 2 aromatic heterocycles. The standard InChI is InChI=1S/C20H20N4O8S3/c1-3-32-17(27)9-24-13-5-4-12(18(28)31-2)8-14(13)34-20(24)23-16(26)11-35(29,30)10-15(25)22-19-21-6-7-33-19/h4-8H,3,9-11H2,1-2H3,(H,21,22,25). The van der Waals surface area contributed by atoms with E-state index in [1.54, 1.807) is 18.4 Å². The molecule has 12 nitrogen and oxygen atoms in total. The SMILES string of the molecule is CCOC(=O)Cn1c(=NC(=O)CS(=O)(=O)CC(=O)Nc2nccs2)sc2cc(C(=O)OC)ccc21. The van der Waals surface area contributed by atoms with Crippen molar-refractivity contribution in [1.29, 1.82) is 0 Å². The number of hydrogen-bond donors (Lipinski definition) is 1. The summed E-state index contributed by atoms with van der Waals surface area (Å²) in [5.41, 5.74) is 0.726. The van der Waals surface area contributed by atoms with Crippen LogP contribution in [0.5, 0.6) is 0 Å². The van der Waals surface area contributed by atoms with Crippen LogP contribution in [-0.4, -0.2) is 66.9 Å². The summed E-state index contributed by atoms with van der Waals surface area (Å²) in [6, 6.07) is 4.55. The molecule has 0 atom stereocenters. The van der Waals surface area contributed by atoms with Gasteiger partial charge < -0.3 is 19.4 Å². The van der Waals surface area contributed by atoms with Gasteiger partial charge in [0.1, 0.15) is 18.1 Å². The fourth-order valence-electron chi connectivity index (χ4n) is 2.91. The molecule has 0 saturated heterocycles. The van der Waals surface area contributed by atoms with Gasteiger partial charge in [-0.1, -0.05) is 11.3 Å². The normalized spacial score (nSPS) is 11.9. The second-order valence-corrected chi connectivity index (χ2v) is 10.8. The number of ether oxygens (including phenoxy) is 2. The molecule has 186 valence electrons. The lowest BCUT2D eigenvalue weighted by atomic mass is 10.2. The fourth-order valence-corrected chi connectivity index (χ4v) is 5.56. The number of carbonyl (C=O) groups excluding carboxylic acids is 4. The Morgan fingerprint density at radius 3 is 2.63 bits per heavy atom. The largest absolute Gasteiger partial charge is 0.465 e. The summed E-state index contributed by atoms with van der Waals surface area (Å²) in [7, 11) is -2.90. The minimum atomic E-state index is -4.14. The smallest absolute Gasteiger partial charge is 0.337 e. The van der Waals surface area contributed by atoms with E-state index in [0.29, 0.717) is 10.2 Å². The Balaban J connectivity index is 1.88. The van der Waals surface area contributed by atoms with E-state index in [-0.39, 0.29) is 28.6 Å². The number of hydrogen-bond acceptors (Lipinski definition) is 11. The summed E-state index contributed by atoms with van der Waals surface area (Å²) >= 11 is 2.09. The molecule has 0 aliphatic carbocycles. The highest BCUT2D eigenvalue weighted by Gasteiger charge is 2.22. The quantitative estimate of drug-likeness (QED) is 0.390. The predicted molar refractivity (Wildman–Crippen MR) is 128 cm³/mol. The number of esters is 2. The minimum Gasteiger partial charge on any atom is -0.465 e. The summed E-state index contributed by atoms with van der Waals surface area (Å²) < 4.78 is 36.3. The lowest BCUT2D eigenvalue weighted by Crippen LogP contribution is -2.28. The van der Waals surface area contributed by atoms with Crippen LogP contribution in [0.15, 0.2) is 34.8 Å². The Kier molecular flexibility index (Phi) is 8.48. The average molecular weight is 541 g/mol. The van der Waals surface area contributed by atoms with E-state index in [2.05, 4.69) is 15.3 Å². The van der Waals surface area contributed by atoms with E-state index < -0.39 is 45.1 Å². The van der Waals surface area contributed by atoms with Crippen LogP contribution in [0, 0.1) is 0 Å². The van der Waals surface area contributed by atoms with E-state index in [0.717, 1.165) is 22.7 Å². The Morgan fingerprint density at radius 2 is 1.97 bits per heavy atom. The lowest BCUT2D eigenvalue weighted by Gasteiger charge is -2.06. The second-order valence-electron chi connectivity index (χ2n) is 6.87. The van der Waals surface area contributed by atoms with Gasteiger partial charge in [-0.15, -0.1) is 11.3 Å². The highest BCUT2D eigenvalue weighted by atomic mass is 32.2. The zero-order valence-corrected chi connectivity index (χ0v) is 21.0. The van der Waals surface area contributed by atoms with E-state index in [9.17, 15) is 27.6 Å². The molecule has 1 aromatic carbocycles. The molecule has 0 radical (unpaired) electrons. The van der Waals surface area contributed by atoms with E-state index in [4.69, 9.17) is 9.47 Å². The maximum Gasteiger partial charge on any atom is 0.337 e. The van der Waals surface area contributed by atoms with Crippen LogP contribution in [0.3, 0.4) is 0 Å². The Labute approximate surface area is 207 Å². The third-order valence-corrected chi connectivity index (χ3v) is 7.41. The fraction of sp³-hybridized carbons (Fsp3) is 0.300. The number of rotatable bonds is 9. The van der Waals surface area contributed by atoms with Crippen molar-refractivity contribution in [2.45, 2.75) is 13.5 Å². The Morgan fingerprint density at radius 1 is 1.20 bits per heavy atom. The van der Waals surface area contributed by atoms with Gasteiger partial charge in [-0.3, -0.25) is 14.4 Å². The first-order valence-corrected chi connectivity index (χ1v) is 13.5. The van der Waals surface area contributed by atoms with Crippen LogP contribution in [0.2, 0.25) is 0 Å². The number of nitrogens with one attached hydrogen (secondary N) is 1. The molecule has 15 heteroatoms.